The van der Waals surface area contributed by atoms with Gasteiger partial charge in [0.1, 0.15) is 17.1 Å². The highest BCUT2D eigenvalue weighted by Crippen LogP contribution is 2.39. The van der Waals surface area contributed by atoms with E-state index >= 15 is 0 Å². The fourth-order valence-corrected chi connectivity index (χ4v) is 4.15. The summed E-state index contributed by atoms with van der Waals surface area (Å²) >= 11 is 11.8. The fourth-order valence-electron chi connectivity index (χ4n) is 3.66. The van der Waals surface area contributed by atoms with Crippen LogP contribution >= 0.6 is 23.2 Å². The number of carbonyl (C=O) groups is 1. The summed E-state index contributed by atoms with van der Waals surface area (Å²) < 4.78 is 57.4. The number of esters is 1. The lowest BCUT2D eigenvalue weighted by Gasteiger charge is -2.14. The molecule has 0 fully saturated rings. The molecule has 0 unspecified atom stereocenters. The summed E-state index contributed by atoms with van der Waals surface area (Å²) in [5.74, 6) is -3.64. The van der Waals surface area contributed by atoms with Gasteiger partial charge in [0, 0.05) is 11.1 Å². The molecule has 37 heavy (non-hydrogen) atoms. The zero-order valence-electron chi connectivity index (χ0n) is 18.4. The summed E-state index contributed by atoms with van der Waals surface area (Å²) in [7, 11) is 0. The van der Waals surface area contributed by atoms with Crippen LogP contribution in [0.1, 0.15) is 16.1 Å². The SMILES string of the molecule is O=C(Oc1ccc2c(=O)c(Oc3ccc4ccccc4c3)c(C(F)(F)F)oc2c1)c1ccc(Cl)cc1Cl. The molecule has 0 atom stereocenters. The van der Waals surface area contributed by atoms with Crippen molar-refractivity contribution in [2.24, 2.45) is 0 Å². The third kappa shape index (κ3) is 4.98. The van der Waals surface area contributed by atoms with Gasteiger partial charge in [0.25, 0.3) is 5.76 Å². The van der Waals surface area contributed by atoms with Gasteiger partial charge in [-0.2, -0.15) is 13.2 Å². The number of hydrogen-bond acceptors (Lipinski definition) is 5. The maximum absolute atomic E-state index is 13.9. The standard InChI is InChI=1S/C27H13Cl2F3O5/c28-16-6-9-19(21(29)12-16)26(34)36-18-8-10-20-22(13-18)37-25(27(30,31)32)24(23(20)33)35-17-7-5-14-3-1-2-4-15(14)11-17/h1-13H. The van der Waals surface area contributed by atoms with Crippen LogP contribution in [0, 0.1) is 0 Å². The average molecular weight is 545 g/mol. The lowest BCUT2D eigenvalue weighted by atomic mass is 10.1. The third-order valence-corrected chi connectivity index (χ3v) is 5.93. The van der Waals surface area contributed by atoms with Crippen LogP contribution in [0.3, 0.4) is 0 Å². The average Bonchev–Trinajstić information content (AvgIpc) is 2.84. The van der Waals surface area contributed by atoms with Crippen LogP contribution < -0.4 is 14.9 Å². The molecule has 0 radical (unpaired) electrons. The van der Waals surface area contributed by atoms with E-state index in [0.29, 0.717) is 10.4 Å². The Morgan fingerprint density at radius 1 is 0.838 bits per heavy atom. The first-order valence-corrected chi connectivity index (χ1v) is 11.4. The Labute approximate surface area is 216 Å². The van der Waals surface area contributed by atoms with Gasteiger partial charge in [-0.15, -0.1) is 0 Å². The third-order valence-electron chi connectivity index (χ3n) is 5.38. The summed E-state index contributed by atoms with van der Waals surface area (Å²) in [6, 6.07) is 19.3. The number of rotatable bonds is 4. The van der Waals surface area contributed by atoms with Crippen molar-refractivity contribution in [1.82, 2.24) is 0 Å². The van der Waals surface area contributed by atoms with Crippen molar-refractivity contribution in [1.29, 1.82) is 0 Å². The van der Waals surface area contributed by atoms with Crippen LogP contribution in [-0.2, 0) is 6.18 Å². The maximum Gasteiger partial charge on any atom is 0.453 e. The molecule has 1 aromatic heterocycles. The van der Waals surface area contributed by atoms with Crippen LogP contribution in [0.2, 0.25) is 10.0 Å². The molecule has 5 aromatic rings. The van der Waals surface area contributed by atoms with Gasteiger partial charge >= 0.3 is 12.1 Å². The zero-order chi connectivity index (χ0) is 26.3. The molecule has 1 heterocycles. The van der Waals surface area contributed by atoms with Crippen molar-refractivity contribution in [2.45, 2.75) is 6.18 Å². The lowest BCUT2D eigenvalue weighted by molar-refractivity contribution is -0.154. The van der Waals surface area contributed by atoms with Crippen molar-refractivity contribution in [3.63, 3.8) is 0 Å². The Morgan fingerprint density at radius 3 is 2.30 bits per heavy atom. The Bertz CT molecular complexity index is 1740. The predicted octanol–water partition coefficient (Wildman–Crippen LogP) is 8.28. The van der Waals surface area contributed by atoms with Gasteiger partial charge in [-0.25, -0.2) is 4.79 Å². The predicted molar refractivity (Wildman–Crippen MR) is 133 cm³/mol. The molecule has 186 valence electrons. The van der Waals surface area contributed by atoms with Crippen LogP contribution in [0.15, 0.2) is 88.1 Å². The molecule has 0 aliphatic carbocycles. The molecule has 0 N–H and O–H groups in total. The molecule has 0 spiro atoms. The number of hydrogen-bond donors (Lipinski definition) is 0. The fraction of sp³-hybridized carbons (Fsp3) is 0.0370. The summed E-state index contributed by atoms with van der Waals surface area (Å²) in [5.41, 5.74) is -1.50. The molecule has 10 heteroatoms. The largest absolute Gasteiger partial charge is 0.453 e. The first kappa shape index (κ1) is 24.7. The van der Waals surface area contributed by atoms with Crippen LogP contribution in [-0.4, -0.2) is 5.97 Å². The molecule has 0 aliphatic rings. The molecule has 5 nitrogen and oxygen atoms in total. The smallest absolute Gasteiger partial charge is 0.449 e. The second-order valence-electron chi connectivity index (χ2n) is 7.87. The number of ether oxygens (including phenoxy) is 2. The lowest BCUT2D eigenvalue weighted by Crippen LogP contribution is -2.15. The summed E-state index contributed by atoms with van der Waals surface area (Å²) in [6.45, 7) is 0. The first-order chi connectivity index (χ1) is 17.6. The van der Waals surface area contributed by atoms with E-state index in [0.717, 1.165) is 11.5 Å². The summed E-state index contributed by atoms with van der Waals surface area (Å²) in [6.07, 6.45) is -5.05. The van der Waals surface area contributed by atoms with Crippen LogP contribution in [0.4, 0.5) is 13.2 Å². The normalized spacial score (nSPS) is 11.6. The molecular weight excluding hydrogens is 532 g/mol. The van der Waals surface area contributed by atoms with Crippen molar-refractivity contribution in [3.8, 4) is 17.2 Å². The van der Waals surface area contributed by atoms with Gasteiger partial charge in [-0.05, 0) is 53.2 Å². The topological polar surface area (TPSA) is 65.7 Å². The minimum Gasteiger partial charge on any atom is -0.449 e. The Hall–Kier alpha value is -4.01. The van der Waals surface area contributed by atoms with Gasteiger partial charge in [-0.3, -0.25) is 4.79 Å². The molecule has 5 rings (SSSR count). The second kappa shape index (κ2) is 9.46. The highest BCUT2D eigenvalue weighted by Gasteiger charge is 2.40. The van der Waals surface area contributed by atoms with Crippen molar-refractivity contribution >= 4 is 50.9 Å². The van der Waals surface area contributed by atoms with Gasteiger partial charge in [-0.1, -0.05) is 53.5 Å². The number of fused-ring (bicyclic) bond motifs is 2. The maximum atomic E-state index is 13.9. The van der Waals surface area contributed by atoms with E-state index in [-0.39, 0.29) is 27.5 Å². The van der Waals surface area contributed by atoms with Gasteiger partial charge in [0.15, 0.2) is 0 Å². The zero-order valence-corrected chi connectivity index (χ0v) is 19.9. The molecule has 0 aliphatic heterocycles. The van der Waals surface area contributed by atoms with E-state index in [2.05, 4.69) is 0 Å². The minimum atomic E-state index is -5.05. The quantitative estimate of drug-likeness (QED) is 0.168. The van der Waals surface area contributed by atoms with Crippen LogP contribution in [0.25, 0.3) is 21.7 Å². The number of halogens is 5. The number of alkyl halides is 3. The second-order valence-corrected chi connectivity index (χ2v) is 8.71. The minimum absolute atomic E-state index is 0.0114. The van der Waals surface area contributed by atoms with Gasteiger partial charge < -0.3 is 13.9 Å². The van der Waals surface area contributed by atoms with E-state index < -0.39 is 34.7 Å². The molecular formula is C27H13Cl2F3O5. The Balaban J connectivity index is 1.54. The van der Waals surface area contributed by atoms with Gasteiger partial charge in [0.2, 0.25) is 11.2 Å². The Kier molecular flexibility index (Phi) is 6.31. The summed E-state index contributed by atoms with van der Waals surface area (Å²) in [4.78, 5) is 25.6. The molecule has 0 bridgehead atoms. The number of carbonyl (C=O) groups excluding carboxylic acids is 1. The van der Waals surface area contributed by atoms with E-state index in [1.54, 1.807) is 18.2 Å². The molecule has 0 saturated carbocycles. The molecule has 4 aromatic carbocycles. The highest BCUT2D eigenvalue weighted by molar-refractivity contribution is 6.36. The van der Waals surface area contributed by atoms with E-state index in [1.807, 2.05) is 12.1 Å². The monoisotopic (exact) mass is 544 g/mol. The summed E-state index contributed by atoms with van der Waals surface area (Å²) in [5, 5.41) is 1.69. The van der Waals surface area contributed by atoms with Crippen molar-refractivity contribution in [2.75, 3.05) is 0 Å². The Morgan fingerprint density at radius 2 is 1.57 bits per heavy atom. The van der Waals surface area contributed by atoms with E-state index in [9.17, 15) is 22.8 Å². The van der Waals surface area contributed by atoms with Crippen LogP contribution in [0.5, 0.6) is 17.2 Å². The van der Waals surface area contributed by atoms with Crippen molar-refractivity contribution in [3.05, 3.63) is 110 Å². The van der Waals surface area contributed by atoms with E-state index in [4.69, 9.17) is 37.1 Å². The molecule has 0 saturated heterocycles. The highest BCUT2D eigenvalue weighted by atomic mass is 35.5. The van der Waals surface area contributed by atoms with E-state index in [1.165, 1.54) is 42.5 Å². The van der Waals surface area contributed by atoms with Gasteiger partial charge in [0.05, 0.1) is 16.0 Å². The van der Waals surface area contributed by atoms with Crippen molar-refractivity contribution < 1.29 is 31.9 Å². The molecule has 0 amide bonds. The first-order valence-electron chi connectivity index (χ1n) is 10.6. The number of benzene rings is 4.